The maximum Gasteiger partial charge on any atom is 0.165 e. The van der Waals surface area contributed by atoms with E-state index in [4.69, 9.17) is 9.47 Å². The van der Waals surface area contributed by atoms with Crippen molar-refractivity contribution in [3.63, 3.8) is 0 Å². The molecule has 0 radical (unpaired) electrons. The highest BCUT2D eigenvalue weighted by molar-refractivity contribution is 5.49. The Bertz CT molecular complexity index is 428. The second-order valence-corrected chi connectivity index (χ2v) is 4.55. The van der Waals surface area contributed by atoms with Crippen LogP contribution in [-0.4, -0.2) is 45.3 Å². The van der Waals surface area contributed by atoms with Crippen LogP contribution in [0, 0.1) is 0 Å². The van der Waals surface area contributed by atoms with Crippen LogP contribution >= 0.6 is 0 Å². The van der Waals surface area contributed by atoms with Gasteiger partial charge in [0.15, 0.2) is 11.5 Å². The molecule has 0 saturated carbocycles. The molecule has 1 heterocycles. The molecule has 1 fully saturated rings. The predicted molar refractivity (Wildman–Crippen MR) is 76.9 cm³/mol. The van der Waals surface area contributed by atoms with Gasteiger partial charge in [0.1, 0.15) is 0 Å². The number of nitrogens with one attached hydrogen (secondary N) is 1. The summed E-state index contributed by atoms with van der Waals surface area (Å²) < 4.78 is 10.9. The van der Waals surface area contributed by atoms with Gasteiger partial charge in [0.05, 0.1) is 20.3 Å². The summed E-state index contributed by atoms with van der Waals surface area (Å²) in [6.45, 7) is 8.03. The fourth-order valence-electron chi connectivity index (χ4n) is 2.58. The molecule has 0 aliphatic carbocycles. The van der Waals surface area contributed by atoms with Crippen molar-refractivity contribution in [2.45, 2.75) is 6.04 Å². The van der Waals surface area contributed by atoms with E-state index >= 15 is 0 Å². The van der Waals surface area contributed by atoms with Crippen molar-refractivity contribution < 1.29 is 9.47 Å². The molecular weight excluding hydrogens is 240 g/mol. The molecule has 1 N–H and O–H groups in total. The van der Waals surface area contributed by atoms with Gasteiger partial charge in [-0.1, -0.05) is 18.2 Å². The third-order valence-electron chi connectivity index (χ3n) is 3.52. The number of methoxy groups -OCH3 is 2. The van der Waals surface area contributed by atoms with Crippen molar-refractivity contribution in [3.8, 4) is 11.5 Å². The molecule has 104 valence electrons. The largest absolute Gasteiger partial charge is 0.493 e. The van der Waals surface area contributed by atoms with Gasteiger partial charge in [0.2, 0.25) is 0 Å². The quantitative estimate of drug-likeness (QED) is 0.821. The third-order valence-corrected chi connectivity index (χ3v) is 3.52. The summed E-state index contributed by atoms with van der Waals surface area (Å²) in [6.07, 6.45) is 1.97. The van der Waals surface area contributed by atoms with Crippen LogP contribution in [0.2, 0.25) is 0 Å². The lowest BCUT2D eigenvalue weighted by atomic mass is 10.0. The number of benzene rings is 1. The van der Waals surface area contributed by atoms with Gasteiger partial charge in [-0.05, 0) is 6.07 Å². The fourth-order valence-corrected chi connectivity index (χ4v) is 2.58. The minimum absolute atomic E-state index is 0.159. The summed E-state index contributed by atoms with van der Waals surface area (Å²) >= 11 is 0. The highest BCUT2D eigenvalue weighted by Gasteiger charge is 2.23. The van der Waals surface area contributed by atoms with Crippen molar-refractivity contribution in [2.24, 2.45) is 0 Å². The number of rotatable bonds is 5. The molecule has 1 aliphatic rings. The van der Waals surface area contributed by atoms with Crippen LogP contribution in [-0.2, 0) is 0 Å². The predicted octanol–water partition coefficient (Wildman–Crippen LogP) is 1.84. The maximum atomic E-state index is 5.53. The van der Waals surface area contributed by atoms with Gasteiger partial charge in [-0.25, -0.2) is 0 Å². The Hall–Kier alpha value is -1.52. The zero-order chi connectivity index (χ0) is 13.7. The second-order valence-electron chi connectivity index (χ2n) is 4.55. The van der Waals surface area contributed by atoms with Crippen LogP contribution in [0.15, 0.2) is 30.9 Å². The number of hydrogen-bond acceptors (Lipinski definition) is 4. The Morgan fingerprint density at radius 3 is 2.58 bits per heavy atom. The molecule has 0 spiro atoms. The number of para-hydroxylation sites is 1. The van der Waals surface area contributed by atoms with Crippen LogP contribution < -0.4 is 14.8 Å². The normalized spacial score (nSPS) is 17.8. The molecular formula is C15H22N2O2. The lowest BCUT2D eigenvalue weighted by Gasteiger charge is -2.34. The number of ether oxygens (including phenoxy) is 2. The van der Waals surface area contributed by atoms with E-state index in [2.05, 4.69) is 22.9 Å². The van der Waals surface area contributed by atoms with E-state index in [1.807, 2.05) is 18.2 Å². The van der Waals surface area contributed by atoms with Gasteiger partial charge in [0.25, 0.3) is 0 Å². The van der Waals surface area contributed by atoms with E-state index in [9.17, 15) is 0 Å². The lowest BCUT2D eigenvalue weighted by molar-refractivity contribution is 0.199. The Balaban J connectivity index is 2.34. The smallest absolute Gasteiger partial charge is 0.165 e. The Kier molecular flexibility index (Phi) is 4.82. The van der Waals surface area contributed by atoms with Crippen molar-refractivity contribution in [2.75, 3.05) is 40.4 Å². The summed E-state index contributed by atoms with van der Waals surface area (Å²) in [5.41, 5.74) is 1.11. The highest BCUT2D eigenvalue weighted by Crippen LogP contribution is 2.37. The summed E-state index contributed by atoms with van der Waals surface area (Å²) in [6, 6.07) is 6.15. The summed E-state index contributed by atoms with van der Waals surface area (Å²) in [7, 11) is 3.34. The Labute approximate surface area is 115 Å². The zero-order valence-corrected chi connectivity index (χ0v) is 11.7. The first kappa shape index (κ1) is 13.9. The van der Waals surface area contributed by atoms with Gasteiger partial charge in [-0.15, -0.1) is 6.58 Å². The molecule has 0 unspecified atom stereocenters. The first-order chi connectivity index (χ1) is 9.31. The average molecular weight is 262 g/mol. The van der Waals surface area contributed by atoms with E-state index < -0.39 is 0 Å². The van der Waals surface area contributed by atoms with Crippen molar-refractivity contribution in [3.05, 3.63) is 36.4 Å². The monoisotopic (exact) mass is 262 g/mol. The molecule has 4 heteroatoms. The maximum absolute atomic E-state index is 5.53. The number of nitrogens with zero attached hydrogens (tertiary/aromatic N) is 1. The average Bonchev–Trinajstić information content (AvgIpc) is 2.48. The first-order valence-corrected chi connectivity index (χ1v) is 6.60. The minimum Gasteiger partial charge on any atom is -0.493 e. The van der Waals surface area contributed by atoms with Gasteiger partial charge in [-0.3, -0.25) is 4.90 Å². The van der Waals surface area contributed by atoms with Crippen molar-refractivity contribution in [1.29, 1.82) is 0 Å². The van der Waals surface area contributed by atoms with Gasteiger partial charge < -0.3 is 14.8 Å². The molecule has 1 aromatic carbocycles. The molecule has 1 aliphatic heterocycles. The number of hydrogen-bond donors (Lipinski definition) is 1. The lowest BCUT2D eigenvalue weighted by Crippen LogP contribution is -2.44. The third kappa shape index (κ3) is 2.91. The van der Waals surface area contributed by atoms with Gasteiger partial charge in [-0.2, -0.15) is 0 Å². The van der Waals surface area contributed by atoms with E-state index in [0.29, 0.717) is 0 Å². The number of piperazine rings is 1. The standard InChI is InChI=1S/C15H22N2O2/c1-4-13(17-10-8-16-9-11-17)12-6-5-7-14(18-2)15(12)19-3/h4-7,13,16H,1,8-11H2,2-3H3/t13-/m0/s1. The molecule has 1 saturated heterocycles. The van der Waals surface area contributed by atoms with Crippen LogP contribution in [0.4, 0.5) is 0 Å². The van der Waals surface area contributed by atoms with E-state index in [1.54, 1.807) is 14.2 Å². The van der Waals surface area contributed by atoms with E-state index in [0.717, 1.165) is 43.2 Å². The van der Waals surface area contributed by atoms with E-state index in [-0.39, 0.29) is 6.04 Å². The zero-order valence-electron chi connectivity index (χ0n) is 11.7. The molecule has 1 aromatic rings. The van der Waals surface area contributed by atoms with Crippen LogP contribution in [0.3, 0.4) is 0 Å². The summed E-state index contributed by atoms with van der Waals surface area (Å²) in [5, 5.41) is 3.36. The topological polar surface area (TPSA) is 33.7 Å². The molecule has 2 rings (SSSR count). The van der Waals surface area contributed by atoms with E-state index in [1.165, 1.54) is 0 Å². The van der Waals surface area contributed by atoms with Crippen LogP contribution in [0.25, 0.3) is 0 Å². The summed E-state index contributed by atoms with van der Waals surface area (Å²) in [4.78, 5) is 2.40. The van der Waals surface area contributed by atoms with Gasteiger partial charge in [0, 0.05) is 31.7 Å². The van der Waals surface area contributed by atoms with Crippen LogP contribution in [0.1, 0.15) is 11.6 Å². The molecule has 19 heavy (non-hydrogen) atoms. The van der Waals surface area contributed by atoms with Crippen molar-refractivity contribution >= 4 is 0 Å². The molecule has 0 bridgehead atoms. The van der Waals surface area contributed by atoms with Crippen LogP contribution in [0.5, 0.6) is 11.5 Å². The Morgan fingerprint density at radius 2 is 2.00 bits per heavy atom. The van der Waals surface area contributed by atoms with Crippen molar-refractivity contribution in [1.82, 2.24) is 10.2 Å². The Morgan fingerprint density at radius 1 is 1.26 bits per heavy atom. The molecule has 0 amide bonds. The minimum atomic E-state index is 0.159. The fraction of sp³-hybridized carbons (Fsp3) is 0.467. The first-order valence-electron chi connectivity index (χ1n) is 6.60. The molecule has 4 nitrogen and oxygen atoms in total. The molecule has 1 atom stereocenters. The highest BCUT2D eigenvalue weighted by atomic mass is 16.5. The van der Waals surface area contributed by atoms with Gasteiger partial charge >= 0.3 is 0 Å². The second kappa shape index (κ2) is 6.59. The SMILES string of the molecule is C=C[C@@H](c1cccc(OC)c1OC)N1CCNCC1. The summed E-state index contributed by atoms with van der Waals surface area (Å²) in [5.74, 6) is 1.57. The molecule has 0 aromatic heterocycles.